The summed E-state index contributed by atoms with van der Waals surface area (Å²) in [7, 11) is 0. The van der Waals surface area contributed by atoms with E-state index in [-0.39, 0.29) is 11.8 Å². The summed E-state index contributed by atoms with van der Waals surface area (Å²) in [5, 5.41) is 6.04. The van der Waals surface area contributed by atoms with Crippen molar-refractivity contribution in [2.24, 2.45) is 11.8 Å². The Morgan fingerprint density at radius 2 is 1.73 bits per heavy atom. The van der Waals surface area contributed by atoms with Crippen molar-refractivity contribution in [2.45, 2.75) is 26.2 Å². The van der Waals surface area contributed by atoms with E-state index in [0.29, 0.717) is 18.4 Å². The van der Waals surface area contributed by atoms with Crippen LogP contribution in [0.25, 0.3) is 0 Å². The molecule has 0 radical (unpaired) electrons. The van der Waals surface area contributed by atoms with Crippen LogP contribution >= 0.6 is 0 Å². The van der Waals surface area contributed by atoms with Crippen LogP contribution in [0.3, 0.4) is 0 Å². The van der Waals surface area contributed by atoms with Gasteiger partial charge < -0.3 is 20.4 Å². The van der Waals surface area contributed by atoms with Gasteiger partial charge in [0, 0.05) is 38.4 Å². The van der Waals surface area contributed by atoms with Crippen molar-refractivity contribution in [1.82, 2.24) is 15.5 Å². The molecule has 144 valence electrons. The van der Waals surface area contributed by atoms with Crippen LogP contribution in [0.5, 0.6) is 0 Å². The van der Waals surface area contributed by atoms with Crippen LogP contribution in [0.1, 0.15) is 26.2 Å². The van der Waals surface area contributed by atoms with Gasteiger partial charge in [-0.25, -0.2) is 9.18 Å². The van der Waals surface area contributed by atoms with Gasteiger partial charge in [0.05, 0.1) is 0 Å². The second-order valence-electron chi connectivity index (χ2n) is 7.62. The maximum absolute atomic E-state index is 13.0. The third-order valence-corrected chi connectivity index (χ3v) is 5.49. The Morgan fingerprint density at radius 1 is 1.08 bits per heavy atom. The highest BCUT2D eigenvalue weighted by Gasteiger charge is 2.24. The Hall–Kier alpha value is -1.82. The van der Waals surface area contributed by atoms with Gasteiger partial charge in [-0.3, -0.25) is 0 Å². The zero-order valence-corrected chi connectivity index (χ0v) is 15.7. The minimum Gasteiger partial charge on any atom is -0.371 e. The third kappa shape index (κ3) is 5.34. The normalized spacial score (nSPS) is 23.4. The molecule has 2 aliphatic rings. The van der Waals surface area contributed by atoms with E-state index in [1.165, 1.54) is 25.0 Å². The average molecular weight is 362 g/mol. The van der Waals surface area contributed by atoms with Crippen LogP contribution in [-0.4, -0.2) is 56.7 Å². The first-order chi connectivity index (χ1) is 12.6. The van der Waals surface area contributed by atoms with E-state index < -0.39 is 0 Å². The van der Waals surface area contributed by atoms with Gasteiger partial charge in [-0.1, -0.05) is 6.92 Å². The zero-order valence-electron chi connectivity index (χ0n) is 15.7. The smallest absolute Gasteiger partial charge is 0.314 e. The molecule has 0 aromatic heterocycles. The first-order valence-corrected chi connectivity index (χ1v) is 9.88. The second kappa shape index (κ2) is 9.21. The number of nitrogens with one attached hydrogen (secondary N) is 2. The molecule has 0 aliphatic carbocycles. The van der Waals surface area contributed by atoms with Crippen molar-refractivity contribution < 1.29 is 9.18 Å². The fraction of sp³-hybridized carbons (Fsp3) is 0.650. The fourth-order valence-electron chi connectivity index (χ4n) is 4.02. The molecule has 2 heterocycles. The van der Waals surface area contributed by atoms with Crippen LogP contribution < -0.4 is 15.5 Å². The molecule has 26 heavy (non-hydrogen) atoms. The molecule has 0 bridgehead atoms. The summed E-state index contributed by atoms with van der Waals surface area (Å²) in [5.74, 6) is 0.813. The van der Waals surface area contributed by atoms with Gasteiger partial charge in [-0.2, -0.15) is 0 Å². The van der Waals surface area contributed by atoms with E-state index in [1.54, 1.807) is 0 Å². The van der Waals surface area contributed by atoms with Crippen molar-refractivity contribution in [2.75, 3.05) is 50.7 Å². The van der Waals surface area contributed by atoms with Gasteiger partial charge >= 0.3 is 6.03 Å². The van der Waals surface area contributed by atoms with Gasteiger partial charge in [0.25, 0.3) is 0 Å². The summed E-state index contributed by atoms with van der Waals surface area (Å²) in [6.07, 6.45) is 3.42. The Balaban J connectivity index is 1.32. The number of benzene rings is 1. The molecule has 0 unspecified atom stereocenters. The highest BCUT2D eigenvalue weighted by atomic mass is 19.1. The van der Waals surface area contributed by atoms with Gasteiger partial charge in [-0.05, 0) is 68.5 Å². The molecule has 0 spiro atoms. The van der Waals surface area contributed by atoms with Crippen molar-refractivity contribution in [1.29, 1.82) is 0 Å². The Kier molecular flexibility index (Phi) is 6.72. The number of carbonyl (C=O) groups excluding carboxylic acids is 1. The number of nitrogens with zero attached hydrogens (tertiary/aromatic N) is 2. The van der Waals surface area contributed by atoms with Crippen LogP contribution in [0.2, 0.25) is 0 Å². The van der Waals surface area contributed by atoms with Crippen molar-refractivity contribution >= 4 is 11.7 Å². The SMILES string of the molecule is CCCN1CC[C@@H](CNC(=O)NC[C@H]2CCN(c3ccc(F)cc3)C2)C1. The monoisotopic (exact) mass is 362 g/mol. The Labute approximate surface area is 155 Å². The minimum absolute atomic E-state index is 0.0563. The molecule has 1 aromatic carbocycles. The van der Waals surface area contributed by atoms with E-state index in [1.807, 2.05) is 12.1 Å². The van der Waals surface area contributed by atoms with Gasteiger partial charge in [-0.15, -0.1) is 0 Å². The van der Waals surface area contributed by atoms with E-state index in [4.69, 9.17) is 0 Å². The molecule has 2 N–H and O–H groups in total. The lowest BCUT2D eigenvalue weighted by Crippen LogP contribution is -2.41. The minimum atomic E-state index is -0.206. The van der Waals surface area contributed by atoms with E-state index in [9.17, 15) is 9.18 Å². The topological polar surface area (TPSA) is 47.6 Å². The number of hydrogen-bond acceptors (Lipinski definition) is 3. The van der Waals surface area contributed by atoms with Crippen LogP contribution in [-0.2, 0) is 0 Å². The standard InChI is InChI=1S/C20H31FN4O/c1-2-9-24-10-7-16(14-24)12-22-20(26)23-13-17-8-11-25(15-17)19-5-3-18(21)4-6-19/h3-6,16-17H,2,7-15H2,1H3,(H2,22,23,26)/t16-,17+/m0/s1. The Morgan fingerprint density at radius 3 is 2.42 bits per heavy atom. The summed E-state index contributed by atoms with van der Waals surface area (Å²) in [4.78, 5) is 16.8. The predicted octanol–water partition coefficient (Wildman–Crippen LogP) is 2.68. The van der Waals surface area contributed by atoms with Gasteiger partial charge in [0.15, 0.2) is 0 Å². The second-order valence-corrected chi connectivity index (χ2v) is 7.62. The average Bonchev–Trinajstić information content (AvgIpc) is 3.29. The third-order valence-electron chi connectivity index (χ3n) is 5.49. The summed E-state index contributed by atoms with van der Waals surface area (Å²) in [5.41, 5.74) is 1.05. The van der Waals surface area contributed by atoms with E-state index in [0.717, 1.165) is 51.4 Å². The van der Waals surface area contributed by atoms with Gasteiger partial charge in [0.1, 0.15) is 5.82 Å². The van der Waals surface area contributed by atoms with Crippen molar-refractivity contribution in [3.8, 4) is 0 Å². The number of carbonyl (C=O) groups is 1. The van der Waals surface area contributed by atoms with E-state index in [2.05, 4.69) is 27.4 Å². The van der Waals surface area contributed by atoms with Crippen molar-refractivity contribution in [3.63, 3.8) is 0 Å². The first-order valence-electron chi connectivity index (χ1n) is 9.88. The molecular weight excluding hydrogens is 331 g/mol. The molecule has 6 heteroatoms. The summed E-state index contributed by atoms with van der Waals surface area (Å²) < 4.78 is 13.0. The molecule has 5 nitrogen and oxygen atoms in total. The number of amides is 2. The maximum Gasteiger partial charge on any atom is 0.314 e. The highest BCUT2D eigenvalue weighted by molar-refractivity contribution is 5.73. The largest absolute Gasteiger partial charge is 0.371 e. The number of anilines is 1. The van der Waals surface area contributed by atoms with Crippen LogP contribution in [0.15, 0.2) is 24.3 Å². The zero-order chi connectivity index (χ0) is 18.4. The maximum atomic E-state index is 13.0. The molecule has 2 fully saturated rings. The molecule has 2 atom stereocenters. The first kappa shape index (κ1) is 19.0. The summed E-state index contributed by atoms with van der Waals surface area (Å²) in [6.45, 7) is 8.94. The molecule has 2 saturated heterocycles. The molecule has 2 amide bonds. The highest BCUT2D eigenvalue weighted by Crippen LogP contribution is 2.23. The quantitative estimate of drug-likeness (QED) is 0.784. The molecular formula is C20H31FN4O. The summed E-state index contributed by atoms with van der Waals surface area (Å²) >= 11 is 0. The van der Waals surface area contributed by atoms with E-state index >= 15 is 0 Å². The molecule has 3 rings (SSSR count). The Bertz CT molecular complexity index is 580. The van der Waals surface area contributed by atoms with Crippen molar-refractivity contribution in [3.05, 3.63) is 30.1 Å². The molecule has 1 aromatic rings. The van der Waals surface area contributed by atoms with Gasteiger partial charge in [0.2, 0.25) is 0 Å². The molecule has 2 aliphatic heterocycles. The summed E-state index contributed by atoms with van der Waals surface area (Å²) in [6, 6.07) is 6.58. The lowest BCUT2D eigenvalue weighted by molar-refractivity contribution is 0.237. The number of halogens is 1. The van der Waals surface area contributed by atoms with Crippen LogP contribution in [0, 0.1) is 17.7 Å². The number of likely N-dealkylation sites (tertiary alicyclic amines) is 1. The number of urea groups is 1. The fourth-order valence-corrected chi connectivity index (χ4v) is 4.02. The number of rotatable bonds is 7. The lowest BCUT2D eigenvalue weighted by atomic mass is 10.1. The molecule has 0 saturated carbocycles. The predicted molar refractivity (Wildman–Crippen MR) is 103 cm³/mol. The lowest BCUT2D eigenvalue weighted by Gasteiger charge is -2.19. The van der Waals surface area contributed by atoms with Crippen LogP contribution in [0.4, 0.5) is 14.9 Å². The number of hydrogen-bond donors (Lipinski definition) is 2.